The average Bonchev–Trinajstić information content (AvgIpc) is 1.88. The second-order valence-corrected chi connectivity index (χ2v) is 9.23. The van der Waals surface area contributed by atoms with Crippen LogP contribution in [0.5, 0.6) is 0 Å². The molecule has 0 heterocycles. The van der Waals surface area contributed by atoms with Crippen LogP contribution in [0.4, 0.5) is 0 Å². The number of benzene rings is 1. The first kappa shape index (κ1) is 8.44. The molecule has 1 rings (SSSR count). The molecule has 0 amide bonds. The maximum absolute atomic E-state index is 5.84. The van der Waals surface area contributed by atoms with Crippen molar-refractivity contribution in [3.63, 3.8) is 0 Å². The number of hydrogen-bond donors (Lipinski definition) is 0. The predicted molar refractivity (Wildman–Crippen MR) is 48.3 cm³/mol. The van der Waals surface area contributed by atoms with Gasteiger partial charge >= 0.3 is 73.7 Å². The van der Waals surface area contributed by atoms with E-state index in [1.165, 1.54) is 5.56 Å². The Balaban J connectivity index is 3.03. The fourth-order valence-electron chi connectivity index (χ4n) is 0.785. The Kier molecular flexibility index (Phi) is 3.08. The van der Waals surface area contributed by atoms with Gasteiger partial charge in [0.25, 0.3) is 0 Å². The summed E-state index contributed by atoms with van der Waals surface area (Å²) >= 11 is -1.87. The molecule has 0 saturated heterocycles. The molecule has 1 aromatic rings. The van der Waals surface area contributed by atoms with Gasteiger partial charge in [-0.15, -0.1) is 0 Å². The molecular formula is C7H7Cl2Ge. The van der Waals surface area contributed by atoms with Crippen LogP contribution in [-0.2, 0) is 0 Å². The van der Waals surface area contributed by atoms with E-state index in [0.29, 0.717) is 0 Å². The van der Waals surface area contributed by atoms with Crippen LogP contribution in [-0.4, -0.2) is 12.5 Å². The maximum atomic E-state index is 5.84. The number of halogens is 2. The third kappa shape index (κ3) is 1.91. The Labute approximate surface area is 73.6 Å². The molecular weight excluding hydrogens is 228 g/mol. The van der Waals surface area contributed by atoms with Gasteiger partial charge in [0, 0.05) is 0 Å². The molecule has 3 heteroatoms. The van der Waals surface area contributed by atoms with Gasteiger partial charge in [-0.05, 0) is 0 Å². The Morgan fingerprint density at radius 2 is 1.80 bits per heavy atom. The van der Waals surface area contributed by atoms with Crippen LogP contribution in [0.15, 0.2) is 24.3 Å². The standard InChI is InChI=1S/C7H7Cl2Ge/c1-6-4-2-3-5-7(6)10(8)9/h2-5H,1H3. The van der Waals surface area contributed by atoms with Crippen LogP contribution in [0.3, 0.4) is 0 Å². The minimum absolute atomic E-state index is 1.16. The van der Waals surface area contributed by atoms with Crippen molar-refractivity contribution in [3.8, 4) is 0 Å². The minimum atomic E-state index is -1.87. The fourth-order valence-corrected chi connectivity index (χ4v) is 4.25. The van der Waals surface area contributed by atoms with Crippen molar-refractivity contribution in [2.75, 3.05) is 0 Å². The van der Waals surface area contributed by atoms with E-state index < -0.39 is 12.5 Å². The van der Waals surface area contributed by atoms with Gasteiger partial charge in [-0.2, -0.15) is 0 Å². The number of hydrogen-bond acceptors (Lipinski definition) is 0. The molecule has 53 valence electrons. The first-order valence-corrected chi connectivity index (χ1v) is 9.52. The van der Waals surface area contributed by atoms with E-state index >= 15 is 0 Å². The van der Waals surface area contributed by atoms with Crippen LogP contribution in [0.25, 0.3) is 0 Å². The Morgan fingerprint density at radius 3 is 2.20 bits per heavy atom. The Bertz CT molecular complexity index is 223. The van der Waals surface area contributed by atoms with Crippen molar-refractivity contribution in [1.82, 2.24) is 0 Å². The zero-order valence-corrected chi connectivity index (χ0v) is 9.18. The van der Waals surface area contributed by atoms with Gasteiger partial charge in [-0.25, -0.2) is 0 Å². The average molecular weight is 235 g/mol. The Morgan fingerprint density at radius 1 is 1.20 bits per heavy atom. The van der Waals surface area contributed by atoms with Crippen molar-refractivity contribution < 1.29 is 0 Å². The molecule has 10 heavy (non-hydrogen) atoms. The fraction of sp³-hybridized carbons (Fsp3) is 0.143. The zero-order valence-electron chi connectivity index (χ0n) is 5.57. The molecule has 0 unspecified atom stereocenters. The molecule has 0 aromatic heterocycles. The molecule has 0 aliphatic heterocycles. The van der Waals surface area contributed by atoms with Crippen molar-refractivity contribution in [2.24, 2.45) is 0 Å². The topological polar surface area (TPSA) is 0 Å². The molecule has 0 saturated carbocycles. The molecule has 0 fully saturated rings. The van der Waals surface area contributed by atoms with Crippen LogP contribution < -0.4 is 4.40 Å². The summed E-state index contributed by atoms with van der Waals surface area (Å²) in [7, 11) is 11.7. The van der Waals surface area contributed by atoms with Gasteiger partial charge in [0.15, 0.2) is 0 Å². The normalized spacial score (nSPS) is 10.4. The van der Waals surface area contributed by atoms with E-state index in [0.717, 1.165) is 4.40 Å². The van der Waals surface area contributed by atoms with Gasteiger partial charge in [0.2, 0.25) is 0 Å². The van der Waals surface area contributed by atoms with Crippen LogP contribution >= 0.6 is 20.0 Å². The molecule has 0 bridgehead atoms. The first-order valence-electron chi connectivity index (χ1n) is 2.96. The SMILES string of the molecule is Cc1cccc[c]1[Ge]([Cl])[Cl]. The predicted octanol–water partition coefficient (Wildman–Crippen LogP) is 2.17. The summed E-state index contributed by atoms with van der Waals surface area (Å²) in [5.41, 5.74) is 1.21. The van der Waals surface area contributed by atoms with Gasteiger partial charge in [0.05, 0.1) is 0 Å². The van der Waals surface area contributed by atoms with E-state index in [-0.39, 0.29) is 0 Å². The number of aryl methyl sites for hydroxylation is 1. The van der Waals surface area contributed by atoms with Crippen molar-refractivity contribution in [1.29, 1.82) is 0 Å². The van der Waals surface area contributed by atoms with Crippen LogP contribution in [0.1, 0.15) is 5.56 Å². The summed E-state index contributed by atoms with van der Waals surface area (Å²) < 4.78 is 1.16. The quantitative estimate of drug-likeness (QED) is 0.654. The second-order valence-electron chi connectivity index (χ2n) is 2.08. The third-order valence-electron chi connectivity index (χ3n) is 1.35. The molecule has 0 aliphatic carbocycles. The summed E-state index contributed by atoms with van der Waals surface area (Å²) in [4.78, 5) is 0. The Hall–Kier alpha value is 0.343. The summed E-state index contributed by atoms with van der Waals surface area (Å²) in [5, 5.41) is 0. The van der Waals surface area contributed by atoms with E-state index in [1.54, 1.807) is 0 Å². The molecule has 0 N–H and O–H groups in total. The molecule has 1 radical (unpaired) electrons. The van der Waals surface area contributed by atoms with E-state index in [1.807, 2.05) is 31.2 Å². The van der Waals surface area contributed by atoms with Crippen LogP contribution in [0, 0.1) is 6.92 Å². The van der Waals surface area contributed by atoms with Gasteiger partial charge in [-0.1, -0.05) is 0 Å². The van der Waals surface area contributed by atoms with Crippen molar-refractivity contribution >= 4 is 36.9 Å². The summed E-state index contributed by atoms with van der Waals surface area (Å²) in [5.74, 6) is 0. The summed E-state index contributed by atoms with van der Waals surface area (Å²) in [6, 6.07) is 8.01. The number of rotatable bonds is 1. The molecule has 0 atom stereocenters. The van der Waals surface area contributed by atoms with Gasteiger partial charge < -0.3 is 0 Å². The van der Waals surface area contributed by atoms with Gasteiger partial charge in [-0.3, -0.25) is 0 Å². The summed E-state index contributed by atoms with van der Waals surface area (Å²) in [6.45, 7) is 2.03. The van der Waals surface area contributed by atoms with E-state index in [9.17, 15) is 0 Å². The first-order chi connectivity index (χ1) is 4.72. The molecule has 0 spiro atoms. The van der Waals surface area contributed by atoms with Crippen molar-refractivity contribution in [3.05, 3.63) is 29.8 Å². The second kappa shape index (κ2) is 3.65. The van der Waals surface area contributed by atoms with E-state index in [4.69, 9.17) is 20.0 Å². The van der Waals surface area contributed by atoms with Crippen molar-refractivity contribution in [2.45, 2.75) is 6.92 Å². The molecule has 0 nitrogen and oxygen atoms in total. The third-order valence-corrected chi connectivity index (χ3v) is 5.50. The summed E-state index contributed by atoms with van der Waals surface area (Å²) in [6.07, 6.45) is 0. The molecule has 1 aromatic carbocycles. The van der Waals surface area contributed by atoms with E-state index in [2.05, 4.69) is 0 Å². The van der Waals surface area contributed by atoms with Gasteiger partial charge in [0.1, 0.15) is 0 Å². The van der Waals surface area contributed by atoms with Crippen LogP contribution in [0.2, 0.25) is 0 Å². The zero-order chi connectivity index (χ0) is 7.56. The molecule has 0 aliphatic rings. The monoisotopic (exact) mass is 235 g/mol.